The molecule has 1 unspecified atom stereocenters. The molecule has 0 aliphatic rings. The smallest absolute Gasteiger partial charge is 0.202 e. The van der Waals surface area contributed by atoms with Crippen LogP contribution >= 0.6 is 0 Å². The van der Waals surface area contributed by atoms with Gasteiger partial charge in [-0.1, -0.05) is 46.5 Å². The normalized spacial score (nSPS) is 14.4. The fraction of sp³-hybridized carbons (Fsp3) is 1.00. The molecule has 0 aliphatic carbocycles. The van der Waals surface area contributed by atoms with Gasteiger partial charge in [-0.25, -0.2) is 0 Å². The Labute approximate surface area is 132 Å². The number of unbranched alkanes of at least 4 members (excludes halogenated alkanes) is 4. The molecule has 0 rings (SSSR count). The highest BCUT2D eigenvalue weighted by Gasteiger charge is 2.22. The Kier molecular flexibility index (Phi) is 14.5. The number of halogens is 1. The summed E-state index contributed by atoms with van der Waals surface area (Å²) in [6.45, 7) is 9.29. The molecule has 0 aromatic carbocycles. The highest BCUT2D eigenvalue weighted by molar-refractivity contribution is 4.50. The van der Waals surface area contributed by atoms with E-state index in [-0.39, 0.29) is 12.4 Å². The maximum Gasteiger partial charge on any atom is 0.202 e. The summed E-state index contributed by atoms with van der Waals surface area (Å²) in [5.74, 6) is 0.829. The second-order valence-electron chi connectivity index (χ2n) is 6.68. The molecular weight excluding hydrogens is 274 g/mol. The number of nitrogens with zero attached hydrogens (tertiary/aromatic N) is 1. The van der Waals surface area contributed by atoms with Gasteiger partial charge in [-0.15, -0.1) is 0 Å². The zero-order valence-electron chi connectivity index (χ0n) is 13.9. The van der Waals surface area contributed by atoms with Crippen LogP contribution < -0.4 is 12.4 Å². The van der Waals surface area contributed by atoms with Gasteiger partial charge < -0.3 is 27.1 Å². The van der Waals surface area contributed by atoms with Gasteiger partial charge in [0.1, 0.15) is 6.54 Å². The lowest BCUT2D eigenvalue weighted by atomic mass is 10.0. The van der Waals surface area contributed by atoms with Crippen LogP contribution in [0.2, 0.25) is 0 Å². The Bertz CT molecular complexity index is 213. The van der Waals surface area contributed by atoms with Crippen LogP contribution in [-0.4, -0.2) is 47.7 Å². The third-order valence-electron chi connectivity index (χ3n) is 3.85. The van der Waals surface area contributed by atoms with Crippen molar-refractivity contribution in [1.29, 1.82) is 0 Å². The molecule has 0 bridgehead atoms. The molecule has 2 N–H and O–H groups in total. The average molecular weight is 310 g/mol. The number of aliphatic hydroxyl groups is 2. The molecule has 0 spiro atoms. The van der Waals surface area contributed by atoms with Crippen LogP contribution in [0, 0.1) is 5.92 Å². The molecule has 0 radical (unpaired) electrons. The van der Waals surface area contributed by atoms with Gasteiger partial charge in [-0.3, -0.25) is 0 Å². The third kappa shape index (κ3) is 13.2. The summed E-state index contributed by atoms with van der Waals surface area (Å²) in [6, 6.07) is 0. The molecule has 0 saturated heterocycles. The number of rotatable bonds is 12. The van der Waals surface area contributed by atoms with Crippen LogP contribution in [0.1, 0.15) is 65.7 Å². The van der Waals surface area contributed by atoms with Crippen molar-refractivity contribution in [2.45, 2.75) is 72.0 Å². The monoisotopic (exact) mass is 309 g/mol. The van der Waals surface area contributed by atoms with Gasteiger partial charge in [0.15, 0.2) is 0 Å². The third-order valence-corrected chi connectivity index (χ3v) is 3.85. The van der Waals surface area contributed by atoms with Crippen molar-refractivity contribution in [1.82, 2.24) is 0 Å². The molecule has 124 valence electrons. The first-order chi connectivity index (χ1) is 8.89. The van der Waals surface area contributed by atoms with Crippen molar-refractivity contribution in [2.75, 3.05) is 26.7 Å². The van der Waals surface area contributed by atoms with E-state index in [1.807, 2.05) is 0 Å². The molecule has 0 heterocycles. The van der Waals surface area contributed by atoms with Gasteiger partial charge >= 0.3 is 0 Å². The summed E-state index contributed by atoms with van der Waals surface area (Å²) >= 11 is 0. The summed E-state index contributed by atoms with van der Waals surface area (Å²) in [5, 5.41) is 18.4. The zero-order valence-corrected chi connectivity index (χ0v) is 14.7. The first-order valence-electron chi connectivity index (χ1n) is 8.09. The molecule has 20 heavy (non-hydrogen) atoms. The standard InChI is InChI=1S/C16H36NO2.ClH/c1-5-12-17(4,14-16(18)19)13-10-8-6-7-9-11-15(2)3;/h15-16,18-19H,5-14H2,1-4H3;1H/q+1;/p-1. The van der Waals surface area contributed by atoms with E-state index in [9.17, 15) is 10.2 Å². The van der Waals surface area contributed by atoms with Crippen LogP contribution in [-0.2, 0) is 0 Å². The van der Waals surface area contributed by atoms with Gasteiger partial charge in [0, 0.05) is 0 Å². The van der Waals surface area contributed by atoms with E-state index in [0.717, 1.165) is 29.9 Å². The number of aliphatic hydroxyl groups excluding tert-OH is 1. The van der Waals surface area contributed by atoms with Gasteiger partial charge in [0.25, 0.3) is 0 Å². The van der Waals surface area contributed by atoms with Crippen molar-refractivity contribution < 1.29 is 27.1 Å². The molecule has 3 nitrogen and oxygen atoms in total. The lowest BCUT2D eigenvalue weighted by Crippen LogP contribution is -3.00. The highest BCUT2D eigenvalue weighted by Crippen LogP contribution is 2.13. The van der Waals surface area contributed by atoms with Gasteiger partial charge in [0.2, 0.25) is 6.29 Å². The molecule has 0 aromatic heterocycles. The number of hydrogen-bond acceptors (Lipinski definition) is 2. The zero-order chi connectivity index (χ0) is 14.7. The second kappa shape index (κ2) is 12.9. The van der Waals surface area contributed by atoms with E-state index in [1.165, 1.54) is 38.5 Å². The summed E-state index contributed by atoms with van der Waals surface area (Å²) in [4.78, 5) is 0. The average Bonchev–Trinajstić information content (AvgIpc) is 2.26. The van der Waals surface area contributed by atoms with Crippen molar-refractivity contribution in [2.24, 2.45) is 5.92 Å². The Morgan fingerprint density at radius 1 is 0.900 bits per heavy atom. The summed E-state index contributed by atoms with van der Waals surface area (Å²) in [5.41, 5.74) is 0. The summed E-state index contributed by atoms with van der Waals surface area (Å²) < 4.78 is 0.792. The van der Waals surface area contributed by atoms with Crippen LogP contribution in [0.4, 0.5) is 0 Å². The lowest BCUT2D eigenvalue weighted by molar-refractivity contribution is -0.915. The van der Waals surface area contributed by atoms with E-state index in [4.69, 9.17) is 0 Å². The first kappa shape index (κ1) is 22.5. The van der Waals surface area contributed by atoms with Crippen LogP contribution in [0.15, 0.2) is 0 Å². The highest BCUT2D eigenvalue weighted by atomic mass is 35.5. The van der Waals surface area contributed by atoms with Crippen molar-refractivity contribution in [3.8, 4) is 0 Å². The number of hydrogen-bond donors (Lipinski definition) is 2. The molecule has 4 heteroatoms. The fourth-order valence-corrected chi connectivity index (χ4v) is 2.80. The number of likely N-dealkylation sites (N-methyl/N-ethyl adjacent to an activating group) is 1. The molecule has 0 saturated carbocycles. The topological polar surface area (TPSA) is 40.5 Å². The van der Waals surface area contributed by atoms with Gasteiger partial charge in [0.05, 0.1) is 20.1 Å². The molecule has 1 atom stereocenters. The van der Waals surface area contributed by atoms with E-state index < -0.39 is 6.29 Å². The van der Waals surface area contributed by atoms with E-state index in [2.05, 4.69) is 27.8 Å². The van der Waals surface area contributed by atoms with E-state index in [0.29, 0.717) is 6.54 Å². The maximum atomic E-state index is 9.18. The lowest BCUT2D eigenvalue weighted by Gasteiger charge is -2.35. The van der Waals surface area contributed by atoms with Crippen LogP contribution in [0.3, 0.4) is 0 Å². The minimum Gasteiger partial charge on any atom is -1.00 e. The summed E-state index contributed by atoms with van der Waals surface area (Å²) in [7, 11) is 2.14. The second-order valence-corrected chi connectivity index (χ2v) is 6.68. The Hall–Kier alpha value is 0.170. The van der Waals surface area contributed by atoms with E-state index >= 15 is 0 Å². The largest absolute Gasteiger partial charge is 1.00 e. The predicted molar refractivity (Wildman–Crippen MR) is 81.8 cm³/mol. The first-order valence-corrected chi connectivity index (χ1v) is 8.09. The van der Waals surface area contributed by atoms with Gasteiger partial charge in [-0.05, 0) is 25.2 Å². The Balaban J connectivity index is 0. The van der Waals surface area contributed by atoms with E-state index in [1.54, 1.807) is 0 Å². The molecular formula is C16H36ClNO2. The Morgan fingerprint density at radius 2 is 1.45 bits per heavy atom. The molecule has 0 amide bonds. The fourth-order valence-electron chi connectivity index (χ4n) is 2.80. The predicted octanol–water partition coefficient (Wildman–Crippen LogP) is 0.154. The summed E-state index contributed by atoms with van der Waals surface area (Å²) in [6.07, 6.45) is 7.76. The number of quaternary nitrogens is 1. The van der Waals surface area contributed by atoms with Crippen molar-refractivity contribution in [3.63, 3.8) is 0 Å². The van der Waals surface area contributed by atoms with Crippen molar-refractivity contribution in [3.05, 3.63) is 0 Å². The molecule has 0 aromatic rings. The minimum atomic E-state index is -1.18. The van der Waals surface area contributed by atoms with Crippen LogP contribution in [0.25, 0.3) is 0 Å². The van der Waals surface area contributed by atoms with Gasteiger partial charge in [-0.2, -0.15) is 0 Å². The Morgan fingerprint density at radius 3 is 1.95 bits per heavy atom. The maximum absolute atomic E-state index is 9.18. The van der Waals surface area contributed by atoms with Crippen molar-refractivity contribution >= 4 is 0 Å². The quantitative estimate of drug-likeness (QED) is 0.306. The minimum absolute atomic E-state index is 0. The molecule has 0 fully saturated rings. The SMILES string of the molecule is CCC[N+](C)(CCCCCCCC(C)C)CC(O)O.[Cl-]. The molecule has 0 aliphatic heterocycles. The van der Waals surface area contributed by atoms with Crippen LogP contribution in [0.5, 0.6) is 0 Å².